The molecular weight excluding hydrogens is 415 g/mol. The lowest BCUT2D eigenvalue weighted by atomic mass is 10.1. The third-order valence-electron chi connectivity index (χ3n) is 4.42. The highest BCUT2D eigenvalue weighted by atomic mass is 32.2. The first-order chi connectivity index (χ1) is 15.1. The molecule has 0 saturated carbocycles. The molecule has 0 aliphatic carbocycles. The molecule has 6 nitrogen and oxygen atoms in total. The smallest absolute Gasteiger partial charge is 0.305 e. The standard InChI is InChI=1S/C23H17FN4O2S/c24-18-12-6-7-13-19(18)25-23(30)26-20(29)14-31-22-17-11-5-4-10-16(17)21(27-28-22)15-8-2-1-3-9-15/h1-13H,14H2,(H2,25,26,29,30). The fraction of sp³-hybridized carbons (Fsp3) is 0.0435. The van der Waals surface area contributed by atoms with Crippen molar-refractivity contribution in [2.45, 2.75) is 5.03 Å². The van der Waals surface area contributed by atoms with Gasteiger partial charge in [-0.2, -0.15) is 0 Å². The molecule has 0 spiro atoms. The number of thioether (sulfide) groups is 1. The Morgan fingerprint density at radius 2 is 1.52 bits per heavy atom. The predicted octanol–water partition coefficient (Wildman–Crippen LogP) is 4.88. The van der Waals surface area contributed by atoms with Crippen LogP contribution in [0.25, 0.3) is 22.0 Å². The van der Waals surface area contributed by atoms with Gasteiger partial charge in [0.1, 0.15) is 16.5 Å². The summed E-state index contributed by atoms with van der Waals surface area (Å²) < 4.78 is 13.6. The Kier molecular flexibility index (Phi) is 6.18. The summed E-state index contributed by atoms with van der Waals surface area (Å²) in [5.41, 5.74) is 1.70. The first-order valence-corrected chi connectivity index (χ1v) is 10.4. The summed E-state index contributed by atoms with van der Waals surface area (Å²) in [7, 11) is 0. The van der Waals surface area contributed by atoms with E-state index in [1.54, 1.807) is 6.07 Å². The van der Waals surface area contributed by atoms with Gasteiger partial charge in [-0.1, -0.05) is 78.5 Å². The first kappa shape index (κ1) is 20.5. The van der Waals surface area contributed by atoms with Crippen molar-refractivity contribution in [3.63, 3.8) is 0 Å². The monoisotopic (exact) mass is 432 g/mol. The summed E-state index contributed by atoms with van der Waals surface area (Å²) in [6.45, 7) is 0. The highest BCUT2D eigenvalue weighted by Gasteiger charge is 2.14. The van der Waals surface area contributed by atoms with E-state index in [2.05, 4.69) is 20.8 Å². The highest BCUT2D eigenvalue weighted by Crippen LogP contribution is 2.31. The van der Waals surface area contributed by atoms with Crippen molar-refractivity contribution in [1.82, 2.24) is 15.5 Å². The maximum Gasteiger partial charge on any atom is 0.325 e. The minimum atomic E-state index is -0.800. The highest BCUT2D eigenvalue weighted by molar-refractivity contribution is 8.00. The lowest BCUT2D eigenvalue weighted by Crippen LogP contribution is -2.35. The molecule has 3 aromatic carbocycles. The number of rotatable bonds is 5. The SMILES string of the molecule is O=C(CSc1nnc(-c2ccccc2)c2ccccc12)NC(=O)Nc1ccccc1F. The molecule has 0 radical (unpaired) electrons. The zero-order valence-corrected chi connectivity index (χ0v) is 17.0. The molecule has 31 heavy (non-hydrogen) atoms. The van der Waals surface area contributed by atoms with Gasteiger partial charge in [0, 0.05) is 16.3 Å². The molecule has 0 atom stereocenters. The Morgan fingerprint density at radius 1 is 0.839 bits per heavy atom. The number of aromatic nitrogens is 2. The minimum absolute atomic E-state index is 0.00573. The van der Waals surface area contributed by atoms with Crippen LogP contribution >= 0.6 is 11.8 Å². The van der Waals surface area contributed by atoms with Gasteiger partial charge in [-0.05, 0) is 12.1 Å². The molecule has 0 bridgehead atoms. The van der Waals surface area contributed by atoms with Gasteiger partial charge < -0.3 is 5.32 Å². The number of urea groups is 1. The number of fused-ring (bicyclic) bond motifs is 1. The molecule has 154 valence electrons. The van der Waals surface area contributed by atoms with Crippen molar-refractivity contribution in [2.24, 2.45) is 0 Å². The van der Waals surface area contributed by atoms with Crippen LogP contribution in [-0.4, -0.2) is 27.9 Å². The number of carbonyl (C=O) groups is 2. The van der Waals surface area contributed by atoms with Crippen molar-refractivity contribution in [3.8, 4) is 11.3 Å². The second kappa shape index (κ2) is 9.36. The zero-order chi connectivity index (χ0) is 21.6. The van der Waals surface area contributed by atoms with Crippen LogP contribution in [0.1, 0.15) is 0 Å². The van der Waals surface area contributed by atoms with E-state index >= 15 is 0 Å². The molecule has 4 aromatic rings. The van der Waals surface area contributed by atoms with Crippen LogP contribution in [0.15, 0.2) is 83.9 Å². The average Bonchev–Trinajstić information content (AvgIpc) is 2.79. The van der Waals surface area contributed by atoms with Crippen LogP contribution in [0, 0.1) is 5.82 Å². The first-order valence-electron chi connectivity index (χ1n) is 9.41. The molecule has 0 aliphatic rings. The zero-order valence-electron chi connectivity index (χ0n) is 16.2. The fourth-order valence-corrected chi connectivity index (χ4v) is 3.78. The molecule has 4 rings (SSSR count). The quantitative estimate of drug-likeness (QED) is 0.439. The third kappa shape index (κ3) is 4.87. The summed E-state index contributed by atoms with van der Waals surface area (Å²) in [5, 5.41) is 15.5. The number of carbonyl (C=O) groups excluding carboxylic acids is 2. The summed E-state index contributed by atoms with van der Waals surface area (Å²) >= 11 is 1.17. The molecule has 2 N–H and O–H groups in total. The number of nitrogens with one attached hydrogen (secondary N) is 2. The number of para-hydroxylation sites is 1. The van der Waals surface area contributed by atoms with E-state index in [1.165, 1.54) is 30.0 Å². The van der Waals surface area contributed by atoms with Crippen LogP contribution in [0.4, 0.5) is 14.9 Å². The Labute approximate surface area is 181 Å². The number of hydrogen-bond donors (Lipinski definition) is 2. The maximum atomic E-state index is 13.6. The molecule has 0 aliphatic heterocycles. The molecule has 0 unspecified atom stereocenters. The summed E-state index contributed by atoms with van der Waals surface area (Å²) in [4.78, 5) is 24.1. The average molecular weight is 432 g/mol. The molecule has 3 amide bonds. The van der Waals surface area contributed by atoms with Crippen LogP contribution in [0.2, 0.25) is 0 Å². The van der Waals surface area contributed by atoms with Gasteiger partial charge >= 0.3 is 6.03 Å². The van der Waals surface area contributed by atoms with Gasteiger partial charge in [0.25, 0.3) is 0 Å². The second-order valence-corrected chi connectivity index (χ2v) is 7.50. The predicted molar refractivity (Wildman–Crippen MR) is 119 cm³/mol. The van der Waals surface area contributed by atoms with E-state index in [1.807, 2.05) is 54.6 Å². The normalized spacial score (nSPS) is 10.6. The number of halogens is 1. The number of amides is 3. The van der Waals surface area contributed by atoms with Crippen molar-refractivity contribution in [2.75, 3.05) is 11.1 Å². The number of hydrogen-bond acceptors (Lipinski definition) is 5. The second-order valence-electron chi connectivity index (χ2n) is 6.54. The number of imide groups is 1. The number of benzene rings is 3. The minimum Gasteiger partial charge on any atom is -0.305 e. The van der Waals surface area contributed by atoms with Crippen LogP contribution in [0.3, 0.4) is 0 Å². The Balaban J connectivity index is 1.45. The molecule has 8 heteroatoms. The van der Waals surface area contributed by atoms with Crippen LogP contribution < -0.4 is 10.6 Å². The maximum absolute atomic E-state index is 13.6. The van der Waals surface area contributed by atoms with Gasteiger partial charge in [0.2, 0.25) is 5.91 Å². The van der Waals surface area contributed by atoms with Crippen molar-refractivity contribution >= 4 is 40.2 Å². The summed E-state index contributed by atoms with van der Waals surface area (Å²) in [6.07, 6.45) is 0. The Hall–Kier alpha value is -3.78. The summed E-state index contributed by atoms with van der Waals surface area (Å²) in [5.74, 6) is -1.16. The van der Waals surface area contributed by atoms with Gasteiger partial charge in [-0.3, -0.25) is 10.1 Å². The number of anilines is 1. The van der Waals surface area contributed by atoms with E-state index in [-0.39, 0.29) is 11.4 Å². The Morgan fingerprint density at radius 3 is 2.29 bits per heavy atom. The largest absolute Gasteiger partial charge is 0.325 e. The lowest BCUT2D eigenvalue weighted by molar-refractivity contribution is -0.117. The van der Waals surface area contributed by atoms with E-state index in [4.69, 9.17) is 0 Å². The molecule has 1 heterocycles. The van der Waals surface area contributed by atoms with Gasteiger partial charge in [-0.15, -0.1) is 10.2 Å². The van der Waals surface area contributed by atoms with E-state index in [9.17, 15) is 14.0 Å². The van der Waals surface area contributed by atoms with Crippen molar-refractivity contribution < 1.29 is 14.0 Å². The molecule has 1 aromatic heterocycles. The molecule has 0 fully saturated rings. The van der Waals surface area contributed by atoms with Gasteiger partial charge in [-0.25, -0.2) is 9.18 Å². The van der Waals surface area contributed by atoms with Gasteiger partial charge in [0.15, 0.2) is 0 Å². The third-order valence-corrected chi connectivity index (χ3v) is 5.40. The van der Waals surface area contributed by atoms with E-state index in [0.29, 0.717) is 5.03 Å². The van der Waals surface area contributed by atoms with Crippen LogP contribution in [-0.2, 0) is 4.79 Å². The fourth-order valence-electron chi connectivity index (χ4n) is 3.01. The van der Waals surface area contributed by atoms with Crippen molar-refractivity contribution in [3.05, 3.63) is 84.7 Å². The van der Waals surface area contributed by atoms with E-state index in [0.717, 1.165) is 22.0 Å². The number of nitrogens with zero attached hydrogens (tertiary/aromatic N) is 2. The van der Waals surface area contributed by atoms with Gasteiger partial charge in [0.05, 0.1) is 11.4 Å². The molecule has 0 saturated heterocycles. The molecular formula is C23H17FN4O2S. The summed E-state index contributed by atoms with van der Waals surface area (Å²) in [6, 6.07) is 22.3. The lowest BCUT2D eigenvalue weighted by Gasteiger charge is -2.10. The van der Waals surface area contributed by atoms with Crippen molar-refractivity contribution in [1.29, 1.82) is 0 Å². The van der Waals surface area contributed by atoms with E-state index < -0.39 is 17.8 Å². The Bertz CT molecular complexity index is 1250. The topological polar surface area (TPSA) is 84.0 Å². The van der Waals surface area contributed by atoms with Crippen LogP contribution in [0.5, 0.6) is 0 Å².